The molecule has 0 spiro atoms. The second-order valence-corrected chi connectivity index (χ2v) is 7.41. The summed E-state index contributed by atoms with van der Waals surface area (Å²) in [7, 11) is 0. The normalized spacial score (nSPS) is 12.7. The first-order chi connectivity index (χ1) is 8.99. The predicted octanol–water partition coefficient (Wildman–Crippen LogP) is 6.44. The standard InChI is InChI=1S/C16H24Br2O/c1-12(2)5-4-6-13(3)9-10-19-16-11-14(17)7-8-15(16)18/h7-8,11-13H,4-6,9-10H2,1-3H3. The van der Waals surface area contributed by atoms with Gasteiger partial charge < -0.3 is 4.74 Å². The van der Waals surface area contributed by atoms with E-state index >= 15 is 0 Å². The van der Waals surface area contributed by atoms with E-state index < -0.39 is 0 Å². The molecule has 0 radical (unpaired) electrons. The molecule has 0 bridgehead atoms. The number of rotatable bonds is 8. The molecule has 0 saturated heterocycles. The first-order valence-corrected chi connectivity index (χ1v) is 8.65. The van der Waals surface area contributed by atoms with Crippen molar-refractivity contribution in [3.63, 3.8) is 0 Å². The third-order valence-corrected chi connectivity index (χ3v) is 4.39. The van der Waals surface area contributed by atoms with Crippen LogP contribution in [-0.2, 0) is 0 Å². The van der Waals surface area contributed by atoms with Gasteiger partial charge in [-0.1, -0.05) is 56.0 Å². The van der Waals surface area contributed by atoms with Gasteiger partial charge in [0.05, 0.1) is 11.1 Å². The lowest BCUT2D eigenvalue weighted by atomic mass is 9.98. The molecule has 3 heteroatoms. The molecule has 1 nitrogen and oxygen atoms in total. The molecular formula is C16H24Br2O. The second kappa shape index (κ2) is 9.02. The van der Waals surface area contributed by atoms with E-state index in [2.05, 4.69) is 52.6 Å². The van der Waals surface area contributed by atoms with Gasteiger partial charge in [-0.05, 0) is 52.4 Å². The third kappa shape index (κ3) is 7.36. The van der Waals surface area contributed by atoms with Crippen molar-refractivity contribution >= 4 is 31.9 Å². The minimum absolute atomic E-state index is 0.740. The highest BCUT2D eigenvalue weighted by molar-refractivity contribution is 9.11. The van der Waals surface area contributed by atoms with Crippen LogP contribution in [0.25, 0.3) is 0 Å². The van der Waals surface area contributed by atoms with Crippen molar-refractivity contribution in [1.82, 2.24) is 0 Å². The minimum atomic E-state index is 0.740. The quantitative estimate of drug-likeness (QED) is 0.495. The summed E-state index contributed by atoms with van der Waals surface area (Å²) in [6.07, 6.45) is 5.10. The molecule has 0 aromatic heterocycles. The van der Waals surface area contributed by atoms with Crippen molar-refractivity contribution in [2.24, 2.45) is 11.8 Å². The lowest BCUT2D eigenvalue weighted by Crippen LogP contribution is -2.05. The molecule has 0 aliphatic carbocycles. The summed E-state index contributed by atoms with van der Waals surface area (Å²) in [6.45, 7) is 7.69. The number of ether oxygens (including phenoxy) is 1. The molecule has 0 heterocycles. The van der Waals surface area contributed by atoms with E-state index in [1.54, 1.807) is 0 Å². The summed E-state index contributed by atoms with van der Waals surface area (Å²) in [5.41, 5.74) is 0. The second-order valence-electron chi connectivity index (χ2n) is 5.64. The Hall–Kier alpha value is -0.0200. The highest BCUT2D eigenvalue weighted by Crippen LogP contribution is 2.28. The molecule has 19 heavy (non-hydrogen) atoms. The van der Waals surface area contributed by atoms with Gasteiger partial charge >= 0.3 is 0 Å². The fraction of sp³-hybridized carbons (Fsp3) is 0.625. The zero-order chi connectivity index (χ0) is 14.3. The van der Waals surface area contributed by atoms with Crippen LogP contribution in [0.5, 0.6) is 5.75 Å². The zero-order valence-electron chi connectivity index (χ0n) is 12.1. The van der Waals surface area contributed by atoms with E-state index in [4.69, 9.17) is 4.74 Å². The van der Waals surface area contributed by atoms with Crippen LogP contribution in [0.2, 0.25) is 0 Å². The van der Waals surface area contributed by atoms with Crippen LogP contribution in [0, 0.1) is 11.8 Å². The van der Waals surface area contributed by atoms with Crippen molar-refractivity contribution in [2.45, 2.75) is 46.5 Å². The molecule has 1 unspecified atom stereocenters. The molecule has 0 saturated carbocycles. The van der Waals surface area contributed by atoms with Crippen LogP contribution in [0.4, 0.5) is 0 Å². The molecule has 0 aliphatic rings. The van der Waals surface area contributed by atoms with Gasteiger partial charge in [-0.25, -0.2) is 0 Å². The summed E-state index contributed by atoms with van der Waals surface area (Å²) in [4.78, 5) is 0. The zero-order valence-corrected chi connectivity index (χ0v) is 15.3. The summed E-state index contributed by atoms with van der Waals surface area (Å²) >= 11 is 6.97. The van der Waals surface area contributed by atoms with Gasteiger partial charge in [0, 0.05) is 4.47 Å². The highest BCUT2D eigenvalue weighted by atomic mass is 79.9. The Morgan fingerprint density at radius 3 is 2.47 bits per heavy atom. The molecule has 1 rings (SSSR count). The Bertz CT molecular complexity index is 377. The third-order valence-electron chi connectivity index (χ3n) is 3.24. The molecule has 0 N–H and O–H groups in total. The van der Waals surface area contributed by atoms with Gasteiger partial charge in [0.2, 0.25) is 0 Å². The SMILES string of the molecule is CC(C)CCCC(C)CCOc1cc(Br)ccc1Br. The van der Waals surface area contributed by atoms with Gasteiger partial charge in [-0.15, -0.1) is 0 Å². The van der Waals surface area contributed by atoms with Gasteiger partial charge in [0.1, 0.15) is 5.75 Å². The number of halogens is 2. The van der Waals surface area contributed by atoms with Crippen LogP contribution in [-0.4, -0.2) is 6.61 Å². The Labute approximate surface area is 134 Å². The lowest BCUT2D eigenvalue weighted by molar-refractivity contribution is 0.274. The number of hydrogen-bond acceptors (Lipinski definition) is 1. The average molecular weight is 392 g/mol. The maximum Gasteiger partial charge on any atom is 0.134 e. The van der Waals surface area contributed by atoms with Gasteiger partial charge in [-0.3, -0.25) is 0 Å². The van der Waals surface area contributed by atoms with E-state index in [0.717, 1.165) is 39.6 Å². The van der Waals surface area contributed by atoms with Crippen molar-refractivity contribution in [3.8, 4) is 5.75 Å². The first kappa shape index (κ1) is 17.0. The Kier molecular flexibility index (Phi) is 8.08. The smallest absolute Gasteiger partial charge is 0.134 e. The minimum Gasteiger partial charge on any atom is -0.492 e. The molecule has 0 amide bonds. The molecule has 108 valence electrons. The van der Waals surface area contributed by atoms with Crippen LogP contribution in [0.3, 0.4) is 0 Å². The maximum absolute atomic E-state index is 5.84. The first-order valence-electron chi connectivity index (χ1n) is 7.07. The van der Waals surface area contributed by atoms with Crippen molar-refractivity contribution < 1.29 is 4.74 Å². The van der Waals surface area contributed by atoms with Crippen molar-refractivity contribution in [3.05, 3.63) is 27.1 Å². The van der Waals surface area contributed by atoms with Crippen LogP contribution >= 0.6 is 31.9 Å². The fourth-order valence-electron chi connectivity index (χ4n) is 1.98. The van der Waals surface area contributed by atoms with E-state index in [9.17, 15) is 0 Å². The summed E-state index contributed by atoms with van der Waals surface area (Å²) in [6, 6.07) is 6.02. The van der Waals surface area contributed by atoms with Gasteiger partial charge in [0.15, 0.2) is 0 Å². The van der Waals surface area contributed by atoms with Crippen molar-refractivity contribution in [2.75, 3.05) is 6.61 Å². The summed E-state index contributed by atoms with van der Waals surface area (Å²) in [5, 5.41) is 0. The fourth-order valence-corrected chi connectivity index (χ4v) is 2.68. The van der Waals surface area contributed by atoms with Crippen molar-refractivity contribution in [1.29, 1.82) is 0 Å². The molecule has 1 aromatic carbocycles. The van der Waals surface area contributed by atoms with E-state index in [-0.39, 0.29) is 0 Å². The molecule has 1 aromatic rings. The largest absolute Gasteiger partial charge is 0.492 e. The lowest BCUT2D eigenvalue weighted by Gasteiger charge is -2.14. The molecule has 0 fully saturated rings. The Balaban J connectivity index is 2.24. The number of hydrogen-bond donors (Lipinski definition) is 0. The monoisotopic (exact) mass is 390 g/mol. The van der Waals surface area contributed by atoms with E-state index in [1.165, 1.54) is 19.3 Å². The highest BCUT2D eigenvalue weighted by Gasteiger charge is 2.06. The van der Waals surface area contributed by atoms with Gasteiger partial charge in [0.25, 0.3) is 0 Å². The Morgan fingerprint density at radius 2 is 1.79 bits per heavy atom. The molecular weight excluding hydrogens is 368 g/mol. The Morgan fingerprint density at radius 1 is 1.05 bits per heavy atom. The summed E-state index contributed by atoms with van der Waals surface area (Å²) in [5.74, 6) is 2.48. The summed E-state index contributed by atoms with van der Waals surface area (Å²) < 4.78 is 7.91. The van der Waals surface area contributed by atoms with Crippen LogP contribution in [0.1, 0.15) is 46.5 Å². The molecule has 1 atom stereocenters. The molecule has 0 aliphatic heterocycles. The predicted molar refractivity (Wildman–Crippen MR) is 89.8 cm³/mol. The van der Waals surface area contributed by atoms with E-state index in [0.29, 0.717) is 0 Å². The topological polar surface area (TPSA) is 9.23 Å². The van der Waals surface area contributed by atoms with E-state index in [1.807, 2.05) is 18.2 Å². The van der Waals surface area contributed by atoms with Gasteiger partial charge in [-0.2, -0.15) is 0 Å². The maximum atomic E-state index is 5.84. The van der Waals surface area contributed by atoms with Crippen LogP contribution in [0.15, 0.2) is 27.1 Å². The number of benzene rings is 1. The van der Waals surface area contributed by atoms with Crippen LogP contribution < -0.4 is 4.74 Å². The average Bonchev–Trinajstić information content (AvgIpc) is 2.33.